The van der Waals surface area contributed by atoms with E-state index in [-0.39, 0.29) is 5.97 Å². The van der Waals surface area contributed by atoms with Crippen LogP contribution >= 0.6 is 0 Å². The quantitative estimate of drug-likeness (QED) is 0.469. The van der Waals surface area contributed by atoms with Gasteiger partial charge in [-0.2, -0.15) is 0 Å². The molecule has 0 spiro atoms. The fraction of sp³-hybridized carbons (Fsp3) is 0.889. The van der Waals surface area contributed by atoms with Gasteiger partial charge in [-0.25, -0.2) is 5.84 Å². The van der Waals surface area contributed by atoms with E-state index in [1.54, 1.807) is 0 Å². The molecule has 14 heavy (non-hydrogen) atoms. The van der Waals surface area contributed by atoms with Crippen molar-refractivity contribution in [2.24, 2.45) is 11.8 Å². The Morgan fingerprint density at radius 2 is 2.36 bits per heavy atom. The van der Waals surface area contributed by atoms with Crippen molar-refractivity contribution >= 4 is 5.97 Å². The lowest BCUT2D eigenvalue weighted by Crippen LogP contribution is -2.32. The van der Waals surface area contributed by atoms with Crippen LogP contribution in [0.3, 0.4) is 0 Å². The van der Waals surface area contributed by atoms with Crippen LogP contribution in [0.5, 0.6) is 0 Å². The maximum absolute atomic E-state index is 10.9. The molecule has 1 rings (SSSR count). The second-order valence-corrected chi connectivity index (χ2v) is 3.90. The predicted octanol–water partition coefficient (Wildman–Crippen LogP) is 0.0299. The summed E-state index contributed by atoms with van der Waals surface area (Å²) in [5.41, 5.74) is 1.89. The minimum atomic E-state index is -0.312. The van der Waals surface area contributed by atoms with Crippen molar-refractivity contribution in [3.05, 3.63) is 0 Å². The molecule has 0 aromatic heterocycles. The number of nitrogens with zero attached hydrogens (tertiary/aromatic N) is 1. The normalized spacial score (nSPS) is 16.8. The summed E-state index contributed by atoms with van der Waals surface area (Å²) in [6.45, 7) is 1.82. The molecule has 0 aliphatic heterocycles. The van der Waals surface area contributed by atoms with Gasteiger partial charge in [0.2, 0.25) is 0 Å². The average molecular weight is 201 g/mol. The molecule has 0 radical (unpaired) electrons. The SMILES string of the molecule is CN(CCC(=O)ONN)CC1CCC1. The van der Waals surface area contributed by atoms with E-state index in [2.05, 4.69) is 9.74 Å². The Bertz CT molecular complexity index is 183. The first-order valence-electron chi connectivity index (χ1n) is 5.06. The molecule has 0 bridgehead atoms. The summed E-state index contributed by atoms with van der Waals surface area (Å²) in [6.07, 6.45) is 4.41. The number of hydrogen-bond acceptors (Lipinski definition) is 5. The van der Waals surface area contributed by atoms with Crippen LogP contribution < -0.4 is 11.4 Å². The topological polar surface area (TPSA) is 67.6 Å². The van der Waals surface area contributed by atoms with Gasteiger partial charge in [0, 0.05) is 13.1 Å². The van der Waals surface area contributed by atoms with Gasteiger partial charge in [-0.05, 0) is 25.8 Å². The minimum absolute atomic E-state index is 0.312. The average Bonchev–Trinajstić information content (AvgIpc) is 2.09. The third-order valence-corrected chi connectivity index (χ3v) is 2.67. The summed E-state index contributed by atoms with van der Waals surface area (Å²) >= 11 is 0. The van der Waals surface area contributed by atoms with E-state index >= 15 is 0 Å². The van der Waals surface area contributed by atoms with Gasteiger partial charge in [0.05, 0.1) is 6.42 Å². The van der Waals surface area contributed by atoms with E-state index in [1.165, 1.54) is 19.3 Å². The highest BCUT2D eigenvalue weighted by Gasteiger charge is 2.19. The third-order valence-electron chi connectivity index (χ3n) is 2.67. The van der Waals surface area contributed by atoms with E-state index in [0.717, 1.165) is 19.0 Å². The number of hydrogen-bond donors (Lipinski definition) is 2. The Balaban J connectivity index is 2.01. The lowest BCUT2D eigenvalue weighted by molar-refractivity contribution is -0.151. The molecule has 0 atom stereocenters. The molecule has 1 aliphatic rings. The number of carbonyl (C=O) groups excluding carboxylic acids is 1. The predicted molar refractivity (Wildman–Crippen MR) is 52.9 cm³/mol. The van der Waals surface area contributed by atoms with E-state index in [0.29, 0.717) is 6.42 Å². The molecule has 0 aromatic rings. The summed E-state index contributed by atoms with van der Waals surface area (Å²) in [5, 5.41) is 0. The Labute approximate surface area is 84.5 Å². The second kappa shape index (κ2) is 5.95. The number of carbonyl (C=O) groups is 1. The van der Waals surface area contributed by atoms with Crippen LogP contribution in [-0.2, 0) is 9.63 Å². The zero-order chi connectivity index (χ0) is 10.4. The van der Waals surface area contributed by atoms with E-state index < -0.39 is 0 Å². The van der Waals surface area contributed by atoms with Crippen LogP contribution in [0.1, 0.15) is 25.7 Å². The molecular weight excluding hydrogens is 182 g/mol. The summed E-state index contributed by atoms with van der Waals surface area (Å²) in [7, 11) is 2.03. The van der Waals surface area contributed by atoms with Crippen molar-refractivity contribution in [2.75, 3.05) is 20.1 Å². The maximum atomic E-state index is 10.9. The number of nitrogens with two attached hydrogens (primary N) is 1. The van der Waals surface area contributed by atoms with Crippen molar-refractivity contribution in [3.8, 4) is 0 Å². The van der Waals surface area contributed by atoms with E-state index in [9.17, 15) is 4.79 Å². The van der Waals surface area contributed by atoms with Crippen LogP contribution in [0.25, 0.3) is 0 Å². The van der Waals surface area contributed by atoms with Crippen molar-refractivity contribution in [2.45, 2.75) is 25.7 Å². The highest BCUT2D eigenvalue weighted by molar-refractivity contribution is 5.69. The van der Waals surface area contributed by atoms with Crippen LogP contribution in [0.4, 0.5) is 0 Å². The maximum Gasteiger partial charge on any atom is 0.327 e. The summed E-state index contributed by atoms with van der Waals surface area (Å²) in [6, 6.07) is 0. The van der Waals surface area contributed by atoms with Crippen molar-refractivity contribution < 1.29 is 9.63 Å². The molecule has 0 saturated heterocycles. The second-order valence-electron chi connectivity index (χ2n) is 3.90. The molecule has 82 valence electrons. The van der Waals surface area contributed by atoms with Crippen LogP contribution in [0.15, 0.2) is 0 Å². The number of rotatable bonds is 6. The zero-order valence-corrected chi connectivity index (χ0v) is 8.66. The minimum Gasteiger partial charge on any atom is -0.356 e. The first kappa shape index (κ1) is 11.4. The summed E-state index contributed by atoms with van der Waals surface area (Å²) in [4.78, 5) is 17.5. The molecule has 0 heterocycles. The molecular formula is C9H19N3O2. The fourth-order valence-electron chi connectivity index (χ4n) is 1.61. The van der Waals surface area contributed by atoms with Gasteiger partial charge in [-0.3, -0.25) is 4.79 Å². The van der Waals surface area contributed by atoms with Crippen molar-refractivity contribution in [1.82, 2.24) is 10.5 Å². The lowest BCUT2D eigenvalue weighted by Gasteiger charge is -2.29. The monoisotopic (exact) mass is 201 g/mol. The highest BCUT2D eigenvalue weighted by atomic mass is 16.7. The molecule has 0 aromatic carbocycles. The lowest BCUT2D eigenvalue weighted by atomic mass is 9.85. The van der Waals surface area contributed by atoms with Gasteiger partial charge in [0.1, 0.15) is 0 Å². The smallest absolute Gasteiger partial charge is 0.327 e. The van der Waals surface area contributed by atoms with Gasteiger partial charge < -0.3 is 9.74 Å². The van der Waals surface area contributed by atoms with Crippen LogP contribution in [0, 0.1) is 5.92 Å². The van der Waals surface area contributed by atoms with Gasteiger partial charge >= 0.3 is 5.97 Å². The molecule has 1 fully saturated rings. The molecule has 1 saturated carbocycles. The Morgan fingerprint density at radius 1 is 1.64 bits per heavy atom. The van der Waals surface area contributed by atoms with Gasteiger partial charge in [0.25, 0.3) is 0 Å². The number of nitrogens with one attached hydrogen (secondary N) is 1. The van der Waals surface area contributed by atoms with Crippen LogP contribution in [0.2, 0.25) is 0 Å². The largest absolute Gasteiger partial charge is 0.356 e. The molecule has 5 heteroatoms. The van der Waals surface area contributed by atoms with E-state index in [4.69, 9.17) is 5.84 Å². The zero-order valence-electron chi connectivity index (χ0n) is 8.66. The summed E-state index contributed by atoms with van der Waals surface area (Å²) in [5.74, 6) is 5.37. The van der Waals surface area contributed by atoms with Crippen molar-refractivity contribution in [1.29, 1.82) is 0 Å². The first-order valence-corrected chi connectivity index (χ1v) is 5.06. The third kappa shape index (κ3) is 4.04. The molecule has 1 aliphatic carbocycles. The van der Waals surface area contributed by atoms with Gasteiger partial charge in [0.15, 0.2) is 0 Å². The van der Waals surface area contributed by atoms with Crippen molar-refractivity contribution in [3.63, 3.8) is 0 Å². The summed E-state index contributed by atoms with van der Waals surface area (Å²) < 4.78 is 0. The van der Waals surface area contributed by atoms with Gasteiger partial charge in [-0.15, -0.1) is 0 Å². The van der Waals surface area contributed by atoms with Gasteiger partial charge in [-0.1, -0.05) is 12.0 Å². The molecule has 3 N–H and O–H groups in total. The van der Waals surface area contributed by atoms with E-state index in [1.807, 2.05) is 12.6 Å². The van der Waals surface area contributed by atoms with Crippen LogP contribution in [-0.4, -0.2) is 31.0 Å². The first-order chi connectivity index (χ1) is 6.72. The molecule has 0 unspecified atom stereocenters. The molecule has 5 nitrogen and oxygen atoms in total. The fourth-order valence-corrected chi connectivity index (χ4v) is 1.61. The standard InChI is InChI=1S/C9H19N3O2/c1-12(7-8-3-2-4-8)6-5-9(13)14-11-10/h8,11H,2-7,10H2,1H3. The Hall–Kier alpha value is -0.650. The Kier molecular flexibility index (Phi) is 4.86. The Morgan fingerprint density at radius 3 is 2.86 bits per heavy atom. The number of hydrazine groups is 1. The highest BCUT2D eigenvalue weighted by Crippen LogP contribution is 2.26. The molecule has 0 amide bonds.